The first-order valence-corrected chi connectivity index (χ1v) is 15.6. The highest BCUT2D eigenvalue weighted by atomic mass is 32.2. The Labute approximate surface area is 180 Å². The van der Waals surface area contributed by atoms with E-state index in [-0.39, 0.29) is 18.4 Å². The minimum Gasteiger partial charge on any atom is -0.413 e. The van der Waals surface area contributed by atoms with E-state index >= 15 is 0 Å². The molecule has 0 amide bonds. The lowest BCUT2D eigenvalue weighted by Gasteiger charge is -2.33. The van der Waals surface area contributed by atoms with Crippen LogP contribution in [0.4, 0.5) is 0 Å². The Hall–Kier alpha value is -0.693. The first-order chi connectivity index (χ1) is 13.0. The average molecular weight is 443 g/mol. The zero-order valence-corrected chi connectivity index (χ0v) is 22.2. The van der Waals surface area contributed by atoms with Crippen molar-refractivity contribution in [1.29, 1.82) is 0 Å². The highest BCUT2D eigenvalue weighted by molar-refractivity contribution is 7.86. The maximum atomic E-state index is 13.3. The van der Waals surface area contributed by atoms with Crippen LogP contribution in [-0.4, -0.2) is 28.9 Å². The van der Waals surface area contributed by atoms with Gasteiger partial charge in [-0.05, 0) is 74.4 Å². The molecule has 1 aromatic rings. The van der Waals surface area contributed by atoms with Crippen molar-refractivity contribution in [3.8, 4) is 0 Å². The van der Waals surface area contributed by atoms with Crippen molar-refractivity contribution in [2.75, 3.05) is 6.61 Å². The summed E-state index contributed by atoms with van der Waals surface area (Å²) in [6.45, 7) is 22.9. The van der Waals surface area contributed by atoms with E-state index in [1.807, 2.05) is 53.7 Å². The van der Waals surface area contributed by atoms with Crippen molar-refractivity contribution in [2.24, 2.45) is 0 Å². The normalized spacial score (nSPS) is 13.7. The highest BCUT2D eigenvalue weighted by Crippen LogP contribution is 2.36. The van der Waals surface area contributed by atoms with Crippen molar-refractivity contribution in [2.45, 2.75) is 110 Å². The monoisotopic (exact) mass is 442 g/mol. The number of hydrogen-bond donors (Lipinski definition) is 0. The lowest BCUT2D eigenvalue weighted by atomic mass is 9.89. The summed E-state index contributed by atoms with van der Waals surface area (Å²) in [5.74, 6) is 0.514. The molecule has 1 aromatic carbocycles. The van der Waals surface area contributed by atoms with Crippen LogP contribution >= 0.6 is 0 Å². The summed E-state index contributed by atoms with van der Waals surface area (Å²) >= 11 is 0. The summed E-state index contributed by atoms with van der Waals surface area (Å²) in [5.41, 5.74) is 2.44. The van der Waals surface area contributed by atoms with Crippen LogP contribution in [0.5, 0.6) is 0 Å². The molecule has 0 saturated heterocycles. The molecule has 0 heterocycles. The van der Waals surface area contributed by atoms with E-state index in [0.717, 1.165) is 11.1 Å². The predicted molar refractivity (Wildman–Crippen MR) is 125 cm³/mol. The van der Waals surface area contributed by atoms with Crippen LogP contribution < -0.4 is 0 Å². The topological polar surface area (TPSA) is 52.6 Å². The van der Waals surface area contributed by atoms with E-state index in [9.17, 15) is 8.42 Å². The van der Waals surface area contributed by atoms with Crippen molar-refractivity contribution in [3.63, 3.8) is 0 Å². The summed E-state index contributed by atoms with van der Waals surface area (Å²) in [5, 5.41) is 0. The Morgan fingerprint density at radius 2 is 1.34 bits per heavy atom. The number of benzene rings is 1. The molecule has 0 bridgehead atoms. The Balaban J connectivity index is 3.26. The lowest BCUT2D eigenvalue weighted by Crippen LogP contribution is -2.39. The van der Waals surface area contributed by atoms with Crippen molar-refractivity contribution >= 4 is 18.4 Å². The largest absolute Gasteiger partial charge is 0.413 e. The molecule has 0 aliphatic heterocycles. The van der Waals surface area contributed by atoms with Crippen LogP contribution in [0.2, 0.25) is 19.6 Å². The van der Waals surface area contributed by atoms with Crippen LogP contribution in [-0.2, 0) is 18.7 Å². The average Bonchev–Trinajstić information content (AvgIpc) is 2.50. The van der Waals surface area contributed by atoms with Crippen LogP contribution in [0.1, 0.15) is 96.3 Å². The van der Waals surface area contributed by atoms with Gasteiger partial charge in [0.15, 0.2) is 8.32 Å². The third-order valence-electron chi connectivity index (χ3n) is 4.85. The standard InChI is InChI=1S/C23H42O4SSi/c1-16(2)19-14-20(17(3)4)22(21(15-19)18(5)6)28(24,25)26-13-12-23(7,8)27-29(9,10)11/h14-18H,12-13H2,1-11H3. The summed E-state index contributed by atoms with van der Waals surface area (Å²) in [6, 6.07) is 4.07. The fourth-order valence-electron chi connectivity index (χ4n) is 3.51. The molecule has 168 valence electrons. The second-order valence-electron chi connectivity index (χ2n) is 10.5. The fraction of sp³-hybridized carbons (Fsp3) is 0.739. The van der Waals surface area contributed by atoms with Gasteiger partial charge >= 0.3 is 0 Å². The first kappa shape index (κ1) is 26.3. The molecule has 4 nitrogen and oxygen atoms in total. The third kappa shape index (κ3) is 7.81. The van der Waals surface area contributed by atoms with E-state index in [0.29, 0.717) is 17.2 Å². The van der Waals surface area contributed by atoms with E-state index in [2.05, 4.69) is 33.5 Å². The van der Waals surface area contributed by atoms with E-state index in [4.69, 9.17) is 8.61 Å². The quantitative estimate of drug-likeness (QED) is 0.296. The summed E-state index contributed by atoms with van der Waals surface area (Å²) < 4.78 is 38.3. The molecule has 29 heavy (non-hydrogen) atoms. The lowest BCUT2D eigenvalue weighted by molar-refractivity contribution is 0.0749. The van der Waals surface area contributed by atoms with Gasteiger partial charge < -0.3 is 4.43 Å². The molecule has 0 saturated carbocycles. The third-order valence-corrected chi connectivity index (χ3v) is 7.47. The molecule has 0 N–H and O–H groups in total. The van der Waals surface area contributed by atoms with E-state index in [1.54, 1.807) is 0 Å². The molecule has 0 spiro atoms. The van der Waals surface area contributed by atoms with Crippen LogP contribution in [0.3, 0.4) is 0 Å². The fourth-order valence-corrected chi connectivity index (χ4v) is 6.86. The van der Waals surface area contributed by atoms with Crippen molar-refractivity contribution < 1.29 is 17.0 Å². The van der Waals surface area contributed by atoms with Gasteiger partial charge in [-0.2, -0.15) is 8.42 Å². The summed E-state index contributed by atoms with van der Waals surface area (Å²) in [6.07, 6.45) is 0.522. The van der Waals surface area contributed by atoms with Gasteiger partial charge in [0.25, 0.3) is 10.1 Å². The molecule has 1 rings (SSSR count). The Kier molecular flexibility index (Phi) is 8.74. The second kappa shape index (κ2) is 9.63. The van der Waals surface area contributed by atoms with Gasteiger partial charge in [-0.3, -0.25) is 4.18 Å². The van der Waals surface area contributed by atoms with E-state index < -0.39 is 24.0 Å². The zero-order valence-electron chi connectivity index (χ0n) is 20.3. The minimum atomic E-state index is -3.86. The number of rotatable bonds is 10. The molecule has 0 aliphatic carbocycles. The molecule has 0 aliphatic rings. The maximum Gasteiger partial charge on any atom is 0.297 e. The van der Waals surface area contributed by atoms with E-state index in [1.165, 1.54) is 5.56 Å². The minimum absolute atomic E-state index is 0.0891. The van der Waals surface area contributed by atoms with Gasteiger partial charge in [-0.15, -0.1) is 0 Å². The number of hydrogen-bond acceptors (Lipinski definition) is 4. The molecule has 0 atom stereocenters. The predicted octanol–water partition coefficient (Wildman–Crippen LogP) is 6.78. The van der Waals surface area contributed by atoms with Crippen LogP contribution in [0.25, 0.3) is 0 Å². The van der Waals surface area contributed by atoms with Crippen molar-refractivity contribution in [1.82, 2.24) is 0 Å². The summed E-state index contributed by atoms with van der Waals surface area (Å²) in [7, 11) is -5.59. The van der Waals surface area contributed by atoms with Crippen LogP contribution in [0.15, 0.2) is 17.0 Å². The summed E-state index contributed by atoms with van der Waals surface area (Å²) in [4.78, 5) is 0.357. The van der Waals surface area contributed by atoms with Gasteiger partial charge in [-0.25, -0.2) is 0 Å². The highest BCUT2D eigenvalue weighted by Gasteiger charge is 2.30. The van der Waals surface area contributed by atoms with Crippen molar-refractivity contribution in [3.05, 3.63) is 28.8 Å². The first-order valence-electron chi connectivity index (χ1n) is 10.7. The van der Waals surface area contributed by atoms with Gasteiger partial charge in [0.1, 0.15) is 4.90 Å². The van der Waals surface area contributed by atoms with Gasteiger partial charge in [0.2, 0.25) is 0 Å². The molecule has 0 aromatic heterocycles. The molecule has 0 radical (unpaired) electrons. The maximum absolute atomic E-state index is 13.3. The molecule has 6 heteroatoms. The Bertz CT molecular complexity index is 759. The van der Waals surface area contributed by atoms with Gasteiger partial charge in [0.05, 0.1) is 12.2 Å². The Morgan fingerprint density at radius 1 is 0.897 bits per heavy atom. The van der Waals surface area contributed by atoms with Gasteiger partial charge in [-0.1, -0.05) is 53.7 Å². The molecule has 0 unspecified atom stereocenters. The second-order valence-corrected chi connectivity index (χ2v) is 16.5. The molecular weight excluding hydrogens is 400 g/mol. The zero-order chi connectivity index (χ0) is 22.8. The SMILES string of the molecule is CC(C)c1cc(C(C)C)c(S(=O)(=O)OCCC(C)(C)O[Si](C)(C)C)c(C(C)C)c1. The molecular formula is C23H42O4SSi. The Morgan fingerprint density at radius 3 is 1.69 bits per heavy atom. The van der Waals surface area contributed by atoms with Gasteiger partial charge in [0, 0.05) is 0 Å². The van der Waals surface area contributed by atoms with Crippen LogP contribution in [0, 0.1) is 0 Å². The smallest absolute Gasteiger partial charge is 0.297 e. The molecule has 0 fully saturated rings.